The van der Waals surface area contributed by atoms with Gasteiger partial charge in [-0.05, 0) is 44.0 Å². The molecule has 2 aromatic rings. The molecule has 104 valence electrons. The number of furan rings is 1. The summed E-state index contributed by atoms with van der Waals surface area (Å²) >= 11 is 0. The van der Waals surface area contributed by atoms with E-state index in [2.05, 4.69) is 10.5 Å². The predicted octanol–water partition coefficient (Wildman–Crippen LogP) is 2.90. The van der Waals surface area contributed by atoms with Crippen molar-refractivity contribution in [3.63, 3.8) is 0 Å². The Balaban J connectivity index is 1.92. The molecule has 0 spiro atoms. The highest BCUT2D eigenvalue weighted by Crippen LogP contribution is 2.11. The molecule has 4 heteroatoms. The lowest BCUT2D eigenvalue weighted by Gasteiger charge is -2.05. The van der Waals surface area contributed by atoms with Crippen LogP contribution in [0.1, 0.15) is 28.2 Å². The Kier molecular flexibility index (Phi) is 4.35. The molecule has 2 rings (SSSR count). The highest BCUT2D eigenvalue weighted by atomic mass is 16.3. The Labute approximate surface area is 118 Å². The van der Waals surface area contributed by atoms with Gasteiger partial charge in [0.15, 0.2) is 0 Å². The van der Waals surface area contributed by atoms with E-state index in [4.69, 9.17) is 4.42 Å². The number of hydrazone groups is 1. The molecule has 0 aliphatic rings. The van der Waals surface area contributed by atoms with E-state index in [1.54, 1.807) is 6.07 Å². The fourth-order valence-electron chi connectivity index (χ4n) is 1.89. The second kappa shape index (κ2) is 6.19. The summed E-state index contributed by atoms with van der Waals surface area (Å²) in [6.45, 7) is 5.87. The van der Waals surface area contributed by atoms with Crippen LogP contribution < -0.4 is 5.43 Å². The van der Waals surface area contributed by atoms with Gasteiger partial charge >= 0.3 is 0 Å². The lowest BCUT2D eigenvalue weighted by atomic mass is 10.0. The average Bonchev–Trinajstić information content (AvgIpc) is 2.80. The van der Waals surface area contributed by atoms with E-state index in [-0.39, 0.29) is 5.91 Å². The quantitative estimate of drug-likeness (QED) is 0.686. The van der Waals surface area contributed by atoms with Crippen LogP contribution in [0, 0.1) is 20.8 Å². The van der Waals surface area contributed by atoms with Crippen LogP contribution in [0.2, 0.25) is 0 Å². The van der Waals surface area contributed by atoms with Gasteiger partial charge in [-0.3, -0.25) is 4.79 Å². The Hall–Kier alpha value is -2.36. The van der Waals surface area contributed by atoms with Gasteiger partial charge < -0.3 is 4.42 Å². The van der Waals surface area contributed by atoms with Gasteiger partial charge in [0.1, 0.15) is 11.5 Å². The van der Waals surface area contributed by atoms with Crippen LogP contribution in [-0.4, -0.2) is 12.1 Å². The number of amides is 1. The molecule has 0 saturated heterocycles. The highest BCUT2D eigenvalue weighted by Gasteiger charge is 2.05. The van der Waals surface area contributed by atoms with E-state index in [0.717, 1.165) is 22.5 Å². The number of carbonyl (C=O) groups is 1. The summed E-state index contributed by atoms with van der Waals surface area (Å²) in [5.74, 6) is 1.29. The van der Waals surface area contributed by atoms with Crippen LogP contribution in [0.25, 0.3) is 0 Å². The van der Waals surface area contributed by atoms with E-state index >= 15 is 0 Å². The zero-order valence-corrected chi connectivity index (χ0v) is 11.9. The molecule has 0 radical (unpaired) electrons. The molecular weight excluding hydrogens is 252 g/mol. The molecule has 0 bridgehead atoms. The van der Waals surface area contributed by atoms with Crippen molar-refractivity contribution in [3.8, 4) is 0 Å². The van der Waals surface area contributed by atoms with E-state index in [1.165, 1.54) is 6.21 Å². The third-order valence-electron chi connectivity index (χ3n) is 3.00. The monoisotopic (exact) mass is 270 g/mol. The molecule has 1 heterocycles. The number of nitrogens with one attached hydrogen (secondary N) is 1. The SMILES string of the molecule is Cc1ccc(C)c(CC(=O)N/N=C\c2ccc(C)o2)c1. The predicted molar refractivity (Wildman–Crippen MR) is 78.8 cm³/mol. The Bertz CT molecular complexity index is 642. The van der Waals surface area contributed by atoms with Gasteiger partial charge in [-0.25, -0.2) is 5.43 Å². The average molecular weight is 270 g/mol. The minimum atomic E-state index is -0.141. The number of aryl methyl sites for hydroxylation is 3. The van der Waals surface area contributed by atoms with Crippen molar-refractivity contribution in [1.82, 2.24) is 5.43 Å². The van der Waals surface area contributed by atoms with Gasteiger partial charge in [0.2, 0.25) is 5.91 Å². The lowest BCUT2D eigenvalue weighted by Crippen LogP contribution is -2.20. The summed E-state index contributed by atoms with van der Waals surface area (Å²) in [5.41, 5.74) is 5.78. The van der Waals surface area contributed by atoms with Gasteiger partial charge in [-0.1, -0.05) is 23.8 Å². The van der Waals surface area contributed by atoms with Crippen molar-refractivity contribution in [3.05, 3.63) is 58.5 Å². The van der Waals surface area contributed by atoms with Crippen molar-refractivity contribution in [2.45, 2.75) is 27.2 Å². The number of rotatable bonds is 4. The van der Waals surface area contributed by atoms with Crippen molar-refractivity contribution in [1.29, 1.82) is 0 Å². The molecule has 1 aromatic carbocycles. The van der Waals surface area contributed by atoms with Crippen LogP contribution in [0.15, 0.2) is 39.9 Å². The first kappa shape index (κ1) is 14.1. The maximum Gasteiger partial charge on any atom is 0.244 e. The first-order chi connectivity index (χ1) is 9.54. The zero-order chi connectivity index (χ0) is 14.5. The topological polar surface area (TPSA) is 54.6 Å². The summed E-state index contributed by atoms with van der Waals surface area (Å²) in [4.78, 5) is 11.8. The largest absolute Gasteiger partial charge is 0.460 e. The molecular formula is C16H18N2O2. The van der Waals surface area contributed by atoms with Crippen molar-refractivity contribution in [2.75, 3.05) is 0 Å². The summed E-state index contributed by atoms with van der Waals surface area (Å²) in [6, 6.07) is 9.73. The molecule has 0 aliphatic carbocycles. The van der Waals surface area contributed by atoms with Crippen LogP contribution in [-0.2, 0) is 11.2 Å². The van der Waals surface area contributed by atoms with Crippen LogP contribution >= 0.6 is 0 Å². The number of hydrogen-bond donors (Lipinski definition) is 1. The molecule has 0 aliphatic heterocycles. The molecule has 20 heavy (non-hydrogen) atoms. The van der Waals surface area contributed by atoms with Gasteiger partial charge in [-0.2, -0.15) is 5.10 Å². The Morgan fingerprint density at radius 1 is 1.25 bits per heavy atom. The molecule has 1 aromatic heterocycles. The minimum absolute atomic E-state index is 0.141. The maximum atomic E-state index is 11.8. The van der Waals surface area contributed by atoms with E-state index < -0.39 is 0 Å². The maximum absolute atomic E-state index is 11.8. The molecule has 1 amide bonds. The smallest absolute Gasteiger partial charge is 0.244 e. The first-order valence-corrected chi connectivity index (χ1v) is 6.49. The standard InChI is InChI=1S/C16H18N2O2/c1-11-4-5-12(2)14(8-11)9-16(19)18-17-10-15-7-6-13(3)20-15/h4-8,10H,9H2,1-3H3,(H,18,19)/b17-10-. The number of nitrogens with zero attached hydrogens (tertiary/aromatic N) is 1. The summed E-state index contributed by atoms with van der Waals surface area (Å²) in [5, 5.41) is 3.88. The third kappa shape index (κ3) is 3.82. The highest BCUT2D eigenvalue weighted by molar-refractivity contribution is 5.81. The van der Waals surface area contributed by atoms with Gasteiger partial charge in [-0.15, -0.1) is 0 Å². The fraction of sp³-hybridized carbons (Fsp3) is 0.250. The summed E-state index contributed by atoms with van der Waals surface area (Å²) in [6.07, 6.45) is 1.82. The van der Waals surface area contributed by atoms with Gasteiger partial charge in [0.05, 0.1) is 12.6 Å². The normalized spacial score (nSPS) is 10.9. The Morgan fingerprint density at radius 2 is 2.05 bits per heavy atom. The molecule has 0 saturated carbocycles. The second-order valence-corrected chi connectivity index (χ2v) is 4.85. The summed E-state index contributed by atoms with van der Waals surface area (Å²) < 4.78 is 5.32. The van der Waals surface area contributed by atoms with Crippen LogP contribution in [0.5, 0.6) is 0 Å². The number of hydrogen-bond acceptors (Lipinski definition) is 3. The Morgan fingerprint density at radius 3 is 2.75 bits per heavy atom. The summed E-state index contributed by atoms with van der Waals surface area (Å²) in [7, 11) is 0. The molecule has 0 unspecified atom stereocenters. The van der Waals surface area contributed by atoms with Crippen LogP contribution in [0.4, 0.5) is 0 Å². The van der Waals surface area contributed by atoms with Gasteiger partial charge in [0.25, 0.3) is 0 Å². The number of benzene rings is 1. The second-order valence-electron chi connectivity index (χ2n) is 4.85. The van der Waals surface area contributed by atoms with E-state index in [9.17, 15) is 4.79 Å². The van der Waals surface area contributed by atoms with Crippen molar-refractivity contribution >= 4 is 12.1 Å². The molecule has 4 nitrogen and oxygen atoms in total. The fourth-order valence-corrected chi connectivity index (χ4v) is 1.89. The minimum Gasteiger partial charge on any atom is -0.460 e. The zero-order valence-electron chi connectivity index (χ0n) is 11.9. The van der Waals surface area contributed by atoms with Crippen LogP contribution in [0.3, 0.4) is 0 Å². The van der Waals surface area contributed by atoms with E-state index in [0.29, 0.717) is 12.2 Å². The first-order valence-electron chi connectivity index (χ1n) is 6.49. The van der Waals surface area contributed by atoms with E-state index in [1.807, 2.05) is 45.0 Å². The molecule has 1 N–H and O–H groups in total. The molecule has 0 fully saturated rings. The van der Waals surface area contributed by atoms with Crippen molar-refractivity contribution < 1.29 is 9.21 Å². The van der Waals surface area contributed by atoms with Gasteiger partial charge in [0, 0.05) is 0 Å². The number of carbonyl (C=O) groups excluding carboxylic acids is 1. The molecule has 0 atom stereocenters. The van der Waals surface area contributed by atoms with Crippen molar-refractivity contribution in [2.24, 2.45) is 5.10 Å². The lowest BCUT2D eigenvalue weighted by molar-refractivity contribution is -0.120. The third-order valence-corrected chi connectivity index (χ3v) is 3.00.